The van der Waals surface area contributed by atoms with Gasteiger partial charge in [-0.3, -0.25) is 0 Å². The molecular formula is C11H25NO3. The lowest BCUT2D eigenvalue weighted by Crippen LogP contribution is -2.36. The van der Waals surface area contributed by atoms with E-state index in [-0.39, 0.29) is 6.10 Å². The SMILES string of the molecule is CCC(C)NCC(O)COC(C)COC. The molecule has 0 aliphatic heterocycles. The molecule has 2 N–H and O–H groups in total. The Morgan fingerprint density at radius 2 is 1.93 bits per heavy atom. The van der Waals surface area contributed by atoms with Crippen LogP contribution in [0.15, 0.2) is 0 Å². The van der Waals surface area contributed by atoms with E-state index in [0.717, 1.165) is 6.42 Å². The van der Waals surface area contributed by atoms with Crippen LogP contribution in [0.25, 0.3) is 0 Å². The quantitative estimate of drug-likeness (QED) is 0.602. The first-order valence-electron chi connectivity index (χ1n) is 5.62. The van der Waals surface area contributed by atoms with Crippen LogP contribution in [0.3, 0.4) is 0 Å². The van der Waals surface area contributed by atoms with Gasteiger partial charge < -0.3 is 19.9 Å². The summed E-state index contributed by atoms with van der Waals surface area (Å²) in [5.41, 5.74) is 0. The average Bonchev–Trinajstić information content (AvgIpc) is 2.23. The summed E-state index contributed by atoms with van der Waals surface area (Å²) >= 11 is 0. The summed E-state index contributed by atoms with van der Waals surface area (Å²) < 4.78 is 10.3. The molecule has 0 aliphatic rings. The minimum Gasteiger partial charge on any atom is -0.389 e. The molecule has 3 atom stereocenters. The molecule has 92 valence electrons. The molecule has 3 unspecified atom stereocenters. The Labute approximate surface area is 93.0 Å². The van der Waals surface area contributed by atoms with E-state index in [9.17, 15) is 5.11 Å². The van der Waals surface area contributed by atoms with Gasteiger partial charge in [0, 0.05) is 19.7 Å². The summed E-state index contributed by atoms with van der Waals surface area (Å²) in [6.07, 6.45) is 0.653. The van der Waals surface area contributed by atoms with Crippen molar-refractivity contribution in [1.29, 1.82) is 0 Å². The Morgan fingerprint density at radius 1 is 1.27 bits per heavy atom. The van der Waals surface area contributed by atoms with Gasteiger partial charge in [-0.2, -0.15) is 0 Å². The highest BCUT2D eigenvalue weighted by Crippen LogP contribution is 1.94. The van der Waals surface area contributed by atoms with Crippen molar-refractivity contribution in [2.24, 2.45) is 0 Å². The first-order chi connectivity index (χ1) is 7.10. The van der Waals surface area contributed by atoms with E-state index in [0.29, 0.717) is 25.8 Å². The van der Waals surface area contributed by atoms with E-state index >= 15 is 0 Å². The van der Waals surface area contributed by atoms with E-state index in [4.69, 9.17) is 9.47 Å². The first-order valence-corrected chi connectivity index (χ1v) is 5.62. The van der Waals surface area contributed by atoms with E-state index in [1.807, 2.05) is 6.92 Å². The molecule has 0 aromatic carbocycles. The maximum Gasteiger partial charge on any atom is 0.0897 e. The smallest absolute Gasteiger partial charge is 0.0897 e. The summed E-state index contributed by atoms with van der Waals surface area (Å²) in [4.78, 5) is 0. The van der Waals surface area contributed by atoms with Crippen LogP contribution in [-0.4, -0.2) is 50.2 Å². The van der Waals surface area contributed by atoms with Crippen molar-refractivity contribution in [3.63, 3.8) is 0 Å². The number of ether oxygens (including phenoxy) is 2. The second-order valence-electron chi connectivity index (χ2n) is 3.97. The van der Waals surface area contributed by atoms with Gasteiger partial charge in [0.25, 0.3) is 0 Å². The molecule has 0 amide bonds. The second kappa shape index (κ2) is 9.09. The fourth-order valence-corrected chi connectivity index (χ4v) is 1.10. The van der Waals surface area contributed by atoms with Gasteiger partial charge in [0.15, 0.2) is 0 Å². The zero-order valence-corrected chi connectivity index (χ0v) is 10.3. The highest BCUT2D eigenvalue weighted by atomic mass is 16.5. The molecule has 4 heteroatoms. The van der Waals surface area contributed by atoms with E-state index in [1.54, 1.807) is 7.11 Å². The molecule has 0 spiro atoms. The monoisotopic (exact) mass is 219 g/mol. The zero-order valence-electron chi connectivity index (χ0n) is 10.3. The molecule has 0 rings (SSSR count). The van der Waals surface area contributed by atoms with Crippen LogP contribution in [0.1, 0.15) is 27.2 Å². The lowest BCUT2D eigenvalue weighted by Gasteiger charge is -2.18. The van der Waals surface area contributed by atoms with Crippen molar-refractivity contribution in [3.05, 3.63) is 0 Å². The molecule has 0 bridgehead atoms. The van der Waals surface area contributed by atoms with E-state index < -0.39 is 6.10 Å². The molecule has 0 heterocycles. The maximum absolute atomic E-state index is 9.58. The number of hydrogen-bond donors (Lipinski definition) is 2. The third-order valence-electron chi connectivity index (χ3n) is 2.29. The van der Waals surface area contributed by atoms with Crippen LogP contribution in [0, 0.1) is 0 Å². The third kappa shape index (κ3) is 8.81. The van der Waals surface area contributed by atoms with Gasteiger partial charge in [0.2, 0.25) is 0 Å². The fourth-order valence-electron chi connectivity index (χ4n) is 1.10. The van der Waals surface area contributed by atoms with Crippen molar-refractivity contribution in [2.45, 2.75) is 45.4 Å². The van der Waals surface area contributed by atoms with Gasteiger partial charge in [-0.1, -0.05) is 6.92 Å². The van der Waals surface area contributed by atoms with E-state index in [1.165, 1.54) is 0 Å². The Morgan fingerprint density at radius 3 is 2.47 bits per heavy atom. The molecule has 0 fully saturated rings. The predicted octanol–water partition coefficient (Wildman–Crippen LogP) is 0.787. The molecule has 4 nitrogen and oxygen atoms in total. The number of aliphatic hydroxyl groups is 1. The number of aliphatic hydroxyl groups excluding tert-OH is 1. The van der Waals surface area contributed by atoms with Crippen LogP contribution in [-0.2, 0) is 9.47 Å². The van der Waals surface area contributed by atoms with Crippen molar-refractivity contribution >= 4 is 0 Å². The predicted molar refractivity (Wildman–Crippen MR) is 61.1 cm³/mol. The summed E-state index contributed by atoms with van der Waals surface area (Å²) in [6, 6.07) is 0.441. The highest BCUT2D eigenvalue weighted by molar-refractivity contribution is 4.64. The molecule has 0 aromatic rings. The van der Waals surface area contributed by atoms with Crippen molar-refractivity contribution < 1.29 is 14.6 Å². The van der Waals surface area contributed by atoms with Crippen LogP contribution in [0.5, 0.6) is 0 Å². The van der Waals surface area contributed by atoms with Crippen molar-refractivity contribution in [3.8, 4) is 0 Å². The number of hydrogen-bond acceptors (Lipinski definition) is 4. The van der Waals surface area contributed by atoms with Crippen LogP contribution in [0.2, 0.25) is 0 Å². The maximum atomic E-state index is 9.58. The standard InChI is InChI=1S/C11H25NO3/c1-5-9(2)12-6-11(13)8-15-10(3)7-14-4/h9-13H,5-8H2,1-4H3. The van der Waals surface area contributed by atoms with Gasteiger partial charge in [0.1, 0.15) is 0 Å². The van der Waals surface area contributed by atoms with Crippen LogP contribution >= 0.6 is 0 Å². The summed E-state index contributed by atoms with van der Waals surface area (Å²) in [6.45, 7) is 7.63. The number of rotatable bonds is 9. The lowest BCUT2D eigenvalue weighted by molar-refractivity contribution is -0.0315. The van der Waals surface area contributed by atoms with Gasteiger partial charge in [-0.05, 0) is 20.3 Å². The normalized spacial score (nSPS) is 17.4. The molecule has 0 aromatic heterocycles. The van der Waals surface area contributed by atoms with E-state index in [2.05, 4.69) is 19.2 Å². The molecular weight excluding hydrogens is 194 g/mol. The summed E-state index contributed by atoms with van der Waals surface area (Å²) in [7, 11) is 1.64. The van der Waals surface area contributed by atoms with Gasteiger partial charge in [-0.25, -0.2) is 0 Å². The molecule has 0 saturated heterocycles. The third-order valence-corrected chi connectivity index (χ3v) is 2.29. The lowest BCUT2D eigenvalue weighted by atomic mass is 10.2. The summed E-state index contributed by atoms with van der Waals surface area (Å²) in [5, 5.41) is 12.8. The van der Waals surface area contributed by atoms with Crippen LogP contribution < -0.4 is 5.32 Å². The minimum atomic E-state index is -0.446. The Hall–Kier alpha value is -0.160. The van der Waals surface area contributed by atoms with Gasteiger partial charge in [0.05, 0.1) is 25.4 Å². The molecule has 0 aliphatic carbocycles. The zero-order chi connectivity index (χ0) is 11.7. The molecule has 15 heavy (non-hydrogen) atoms. The minimum absolute atomic E-state index is 0.0354. The molecule has 0 radical (unpaired) electrons. The van der Waals surface area contributed by atoms with Crippen LogP contribution in [0.4, 0.5) is 0 Å². The van der Waals surface area contributed by atoms with Gasteiger partial charge >= 0.3 is 0 Å². The number of nitrogens with one attached hydrogen (secondary N) is 1. The Bertz CT molecular complexity index is 144. The summed E-state index contributed by atoms with van der Waals surface area (Å²) in [5.74, 6) is 0. The average molecular weight is 219 g/mol. The van der Waals surface area contributed by atoms with Crippen molar-refractivity contribution in [1.82, 2.24) is 5.32 Å². The first kappa shape index (κ1) is 14.8. The molecule has 0 saturated carbocycles. The Kier molecular flexibility index (Phi) is 9.00. The highest BCUT2D eigenvalue weighted by Gasteiger charge is 2.08. The van der Waals surface area contributed by atoms with Gasteiger partial charge in [-0.15, -0.1) is 0 Å². The second-order valence-corrected chi connectivity index (χ2v) is 3.97. The van der Waals surface area contributed by atoms with Crippen molar-refractivity contribution in [2.75, 3.05) is 26.9 Å². The largest absolute Gasteiger partial charge is 0.389 e. The fraction of sp³-hybridized carbons (Fsp3) is 1.00. The topological polar surface area (TPSA) is 50.7 Å². The Balaban J connectivity index is 3.44. The number of methoxy groups -OCH3 is 1.